The molecule has 2 N–H and O–H groups in total. The Morgan fingerprint density at radius 3 is 2.53 bits per heavy atom. The van der Waals surface area contributed by atoms with Crippen molar-refractivity contribution in [1.82, 2.24) is 5.32 Å². The first-order chi connectivity index (χ1) is 8.35. The number of aliphatic hydroxyl groups is 1. The van der Waals surface area contributed by atoms with E-state index in [4.69, 9.17) is 9.84 Å². The van der Waals surface area contributed by atoms with Gasteiger partial charge in [-0.25, -0.2) is 0 Å². The number of likely N-dealkylation sites (N-methyl/N-ethyl adjacent to an activating group) is 1. The summed E-state index contributed by atoms with van der Waals surface area (Å²) in [5.74, 6) is 0.864. The summed E-state index contributed by atoms with van der Waals surface area (Å²) >= 11 is 0. The van der Waals surface area contributed by atoms with Gasteiger partial charge in [0.05, 0.1) is 13.2 Å². The van der Waals surface area contributed by atoms with E-state index in [1.807, 2.05) is 30.3 Å². The smallest absolute Gasteiger partial charge is 0.120 e. The van der Waals surface area contributed by atoms with E-state index in [0.29, 0.717) is 19.6 Å². The molecule has 4 heteroatoms. The largest absolute Gasteiger partial charge is 0.494 e. The lowest BCUT2D eigenvalue weighted by Crippen LogP contribution is -2.10. The highest BCUT2D eigenvalue weighted by Gasteiger charge is 1.90. The van der Waals surface area contributed by atoms with Gasteiger partial charge in [0.2, 0.25) is 0 Å². The summed E-state index contributed by atoms with van der Waals surface area (Å²) in [4.78, 5) is 9.96. The molecule has 4 nitrogen and oxygen atoms in total. The van der Waals surface area contributed by atoms with Gasteiger partial charge in [-0.1, -0.05) is 18.2 Å². The van der Waals surface area contributed by atoms with Crippen molar-refractivity contribution in [3.63, 3.8) is 0 Å². The molecular weight excluding hydrogens is 218 g/mol. The van der Waals surface area contributed by atoms with Crippen LogP contribution in [0, 0.1) is 0 Å². The summed E-state index contributed by atoms with van der Waals surface area (Å²) in [6.45, 7) is 1.54. The van der Waals surface area contributed by atoms with Crippen molar-refractivity contribution in [2.45, 2.75) is 12.8 Å². The van der Waals surface area contributed by atoms with Gasteiger partial charge in [-0.05, 0) is 25.6 Å². The Hall–Kier alpha value is -1.39. The molecule has 0 aliphatic carbocycles. The van der Waals surface area contributed by atoms with E-state index in [2.05, 4.69) is 5.32 Å². The summed E-state index contributed by atoms with van der Waals surface area (Å²) in [6, 6.07) is 9.60. The van der Waals surface area contributed by atoms with E-state index >= 15 is 0 Å². The van der Waals surface area contributed by atoms with Crippen LogP contribution in [-0.4, -0.2) is 38.2 Å². The molecule has 17 heavy (non-hydrogen) atoms. The van der Waals surface area contributed by atoms with Crippen molar-refractivity contribution in [1.29, 1.82) is 0 Å². The zero-order chi connectivity index (χ0) is 12.8. The normalized spacial score (nSPS) is 9.06. The minimum atomic E-state index is 0.233. The molecule has 0 radical (unpaired) electrons. The maximum Gasteiger partial charge on any atom is 0.120 e. The Bertz CT molecular complexity index is 263. The van der Waals surface area contributed by atoms with Crippen LogP contribution in [0.1, 0.15) is 12.8 Å². The summed E-state index contributed by atoms with van der Waals surface area (Å²) in [7, 11) is 1.80. The molecule has 0 aromatic heterocycles. The van der Waals surface area contributed by atoms with Gasteiger partial charge in [-0.15, -0.1) is 0 Å². The van der Waals surface area contributed by atoms with E-state index in [9.17, 15) is 4.79 Å². The van der Waals surface area contributed by atoms with Gasteiger partial charge >= 0.3 is 0 Å². The third-order valence-electron chi connectivity index (χ3n) is 1.84. The Kier molecular flexibility index (Phi) is 11.6. The van der Waals surface area contributed by atoms with E-state index in [1.54, 1.807) is 7.05 Å². The van der Waals surface area contributed by atoms with Crippen LogP contribution in [0.15, 0.2) is 30.3 Å². The van der Waals surface area contributed by atoms with E-state index in [0.717, 1.165) is 18.5 Å². The number of ether oxygens (including phenoxy) is 1. The van der Waals surface area contributed by atoms with Crippen LogP contribution in [0.25, 0.3) is 0 Å². The molecule has 1 rings (SSSR count). The predicted molar refractivity (Wildman–Crippen MR) is 68.2 cm³/mol. The van der Waals surface area contributed by atoms with Gasteiger partial charge < -0.3 is 20.0 Å². The third kappa shape index (κ3) is 10.9. The standard InChI is InChI=1S/C10H12O2.C3H9NO/c11-8-4-5-9-12-10-6-2-1-3-7-10;1-4-2-3-5/h1-3,6-8H,4-5,9H2;4-5H,2-3H2,1H3. The average molecular weight is 239 g/mol. The highest BCUT2D eigenvalue weighted by atomic mass is 16.5. The van der Waals surface area contributed by atoms with Gasteiger partial charge in [0, 0.05) is 13.0 Å². The molecule has 96 valence electrons. The molecule has 0 amide bonds. The number of hydrogen-bond acceptors (Lipinski definition) is 4. The van der Waals surface area contributed by atoms with Crippen molar-refractivity contribution in [2.75, 3.05) is 26.8 Å². The van der Waals surface area contributed by atoms with Crippen LogP contribution in [0.5, 0.6) is 5.75 Å². The van der Waals surface area contributed by atoms with Crippen molar-refractivity contribution < 1.29 is 14.6 Å². The highest BCUT2D eigenvalue weighted by Crippen LogP contribution is 2.08. The maximum atomic E-state index is 9.96. The molecule has 0 aliphatic heterocycles. The van der Waals surface area contributed by atoms with Crippen LogP contribution in [0.2, 0.25) is 0 Å². The zero-order valence-corrected chi connectivity index (χ0v) is 10.3. The number of aldehydes is 1. The third-order valence-corrected chi connectivity index (χ3v) is 1.84. The molecule has 0 unspecified atom stereocenters. The Balaban J connectivity index is 0.000000437. The molecule has 0 spiro atoms. The van der Waals surface area contributed by atoms with Gasteiger partial charge in [0.25, 0.3) is 0 Å². The second-order valence-electron chi connectivity index (χ2n) is 3.30. The topological polar surface area (TPSA) is 58.6 Å². The minimum absolute atomic E-state index is 0.233. The van der Waals surface area contributed by atoms with Gasteiger partial charge in [-0.3, -0.25) is 0 Å². The summed E-state index contributed by atoms with van der Waals surface area (Å²) in [5, 5.41) is 10.8. The average Bonchev–Trinajstić information content (AvgIpc) is 2.38. The van der Waals surface area contributed by atoms with Crippen LogP contribution in [-0.2, 0) is 4.79 Å². The Labute approximate surface area is 103 Å². The molecule has 1 aromatic carbocycles. The van der Waals surface area contributed by atoms with Crippen LogP contribution in [0.4, 0.5) is 0 Å². The fourth-order valence-corrected chi connectivity index (χ4v) is 0.985. The minimum Gasteiger partial charge on any atom is -0.494 e. The number of benzene rings is 1. The first-order valence-corrected chi connectivity index (χ1v) is 5.72. The van der Waals surface area contributed by atoms with E-state index < -0.39 is 0 Å². The fraction of sp³-hybridized carbons (Fsp3) is 0.462. The SMILES string of the molecule is CNCCO.O=CCCCOc1ccccc1. The fourth-order valence-electron chi connectivity index (χ4n) is 0.985. The summed E-state index contributed by atoms with van der Waals surface area (Å²) < 4.78 is 5.35. The lowest BCUT2D eigenvalue weighted by molar-refractivity contribution is -0.108. The molecule has 0 bridgehead atoms. The first-order valence-electron chi connectivity index (χ1n) is 5.72. The first kappa shape index (κ1) is 15.6. The number of unbranched alkanes of at least 4 members (excludes halogenated alkanes) is 1. The molecule has 0 fully saturated rings. The number of carbonyl (C=O) groups is 1. The second-order valence-corrected chi connectivity index (χ2v) is 3.30. The highest BCUT2D eigenvalue weighted by molar-refractivity contribution is 5.48. The zero-order valence-electron chi connectivity index (χ0n) is 10.3. The van der Waals surface area contributed by atoms with Gasteiger partial charge in [0.15, 0.2) is 0 Å². The number of aliphatic hydroxyl groups excluding tert-OH is 1. The number of rotatable bonds is 7. The van der Waals surface area contributed by atoms with E-state index in [-0.39, 0.29) is 6.61 Å². The van der Waals surface area contributed by atoms with Crippen molar-refractivity contribution >= 4 is 6.29 Å². The molecular formula is C13H21NO3. The van der Waals surface area contributed by atoms with Crippen LogP contribution >= 0.6 is 0 Å². The number of nitrogens with one attached hydrogen (secondary N) is 1. The van der Waals surface area contributed by atoms with Crippen molar-refractivity contribution in [3.8, 4) is 5.75 Å². The monoisotopic (exact) mass is 239 g/mol. The number of para-hydroxylation sites is 1. The van der Waals surface area contributed by atoms with Crippen molar-refractivity contribution in [3.05, 3.63) is 30.3 Å². The second kappa shape index (κ2) is 12.7. The molecule has 0 saturated heterocycles. The van der Waals surface area contributed by atoms with E-state index in [1.165, 1.54) is 0 Å². The molecule has 0 saturated carbocycles. The quantitative estimate of drug-likeness (QED) is 0.555. The van der Waals surface area contributed by atoms with Gasteiger partial charge in [0.1, 0.15) is 12.0 Å². The van der Waals surface area contributed by atoms with Crippen molar-refractivity contribution in [2.24, 2.45) is 0 Å². The molecule has 0 heterocycles. The Morgan fingerprint density at radius 2 is 2.06 bits per heavy atom. The summed E-state index contributed by atoms with van der Waals surface area (Å²) in [5.41, 5.74) is 0. The predicted octanol–water partition coefficient (Wildman–Crippen LogP) is 1.24. The van der Waals surface area contributed by atoms with Gasteiger partial charge in [-0.2, -0.15) is 0 Å². The number of carbonyl (C=O) groups excluding carboxylic acids is 1. The molecule has 0 aliphatic rings. The lowest BCUT2D eigenvalue weighted by atomic mass is 10.3. The van der Waals surface area contributed by atoms with Crippen LogP contribution < -0.4 is 10.1 Å². The lowest BCUT2D eigenvalue weighted by Gasteiger charge is -2.02. The number of hydrogen-bond donors (Lipinski definition) is 2. The maximum absolute atomic E-state index is 9.96. The molecule has 1 aromatic rings. The van der Waals surface area contributed by atoms with Crippen LogP contribution in [0.3, 0.4) is 0 Å². The summed E-state index contributed by atoms with van der Waals surface area (Å²) in [6.07, 6.45) is 2.28. The molecule has 0 atom stereocenters. The Morgan fingerprint density at radius 1 is 1.35 bits per heavy atom.